The number of hydrogen-bond donors (Lipinski definition) is 0. The fourth-order valence-corrected chi connectivity index (χ4v) is 2.04. The molecule has 0 radical (unpaired) electrons. The van der Waals surface area contributed by atoms with E-state index in [0.717, 1.165) is 12.0 Å². The first-order valence-electron chi connectivity index (χ1n) is 5.06. The van der Waals surface area contributed by atoms with E-state index in [1.54, 1.807) is 6.07 Å². The highest BCUT2D eigenvalue weighted by Crippen LogP contribution is 2.33. The molecule has 1 saturated carbocycles. The van der Waals surface area contributed by atoms with Crippen molar-refractivity contribution in [2.75, 3.05) is 7.11 Å². The summed E-state index contributed by atoms with van der Waals surface area (Å²) in [7, 11) is 1.44. The Morgan fingerprint density at radius 2 is 2.27 bits per heavy atom. The monoisotopic (exact) mass is 208 g/mol. The van der Waals surface area contributed by atoms with Crippen LogP contribution in [0.5, 0.6) is 5.75 Å². The average Bonchev–Trinajstić information content (AvgIpc) is 2.65. The number of carbonyl (C=O) groups excluding carboxylic acids is 1. The van der Waals surface area contributed by atoms with Crippen molar-refractivity contribution < 1.29 is 13.9 Å². The van der Waals surface area contributed by atoms with Gasteiger partial charge in [-0.1, -0.05) is 6.07 Å². The van der Waals surface area contributed by atoms with E-state index in [-0.39, 0.29) is 23.3 Å². The third-order valence-corrected chi connectivity index (χ3v) is 2.89. The molecule has 1 aromatic carbocycles. The van der Waals surface area contributed by atoms with Crippen LogP contribution in [0.4, 0.5) is 4.39 Å². The second kappa shape index (κ2) is 4.01. The molecule has 15 heavy (non-hydrogen) atoms. The van der Waals surface area contributed by atoms with Crippen molar-refractivity contribution in [1.29, 1.82) is 0 Å². The van der Waals surface area contributed by atoms with Gasteiger partial charge < -0.3 is 4.74 Å². The summed E-state index contributed by atoms with van der Waals surface area (Å²) in [6.45, 7) is 0. The van der Waals surface area contributed by atoms with Gasteiger partial charge in [0.15, 0.2) is 11.6 Å². The third kappa shape index (κ3) is 2.01. The van der Waals surface area contributed by atoms with Gasteiger partial charge in [-0.25, -0.2) is 4.39 Å². The minimum atomic E-state index is -0.352. The highest BCUT2D eigenvalue weighted by molar-refractivity contribution is 5.81. The van der Waals surface area contributed by atoms with Gasteiger partial charge in [0.1, 0.15) is 5.78 Å². The van der Waals surface area contributed by atoms with Crippen LogP contribution >= 0.6 is 0 Å². The van der Waals surface area contributed by atoms with Crippen LogP contribution in [0.15, 0.2) is 18.2 Å². The van der Waals surface area contributed by atoms with E-state index in [1.165, 1.54) is 13.2 Å². The van der Waals surface area contributed by atoms with Gasteiger partial charge in [-0.05, 0) is 30.0 Å². The van der Waals surface area contributed by atoms with Gasteiger partial charge in [0.2, 0.25) is 0 Å². The minimum Gasteiger partial charge on any atom is -0.494 e. The molecule has 80 valence electrons. The van der Waals surface area contributed by atoms with Crippen molar-refractivity contribution in [3.8, 4) is 5.75 Å². The number of Topliss-reactive ketones (excluding diaryl/α,β-unsaturated/α-hetero) is 1. The zero-order valence-electron chi connectivity index (χ0n) is 8.63. The average molecular weight is 208 g/mol. The van der Waals surface area contributed by atoms with Crippen molar-refractivity contribution in [1.82, 2.24) is 0 Å². The number of halogens is 1. The Kier molecular flexibility index (Phi) is 2.71. The molecule has 2 rings (SSSR count). The zero-order chi connectivity index (χ0) is 10.8. The van der Waals surface area contributed by atoms with Crippen molar-refractivity contribution in [3.63, 3.8) is 0 Å². The molecule has 0 heterocycles. The molecular formula is C12H13FO2. The number of rotatable bonds is 2. The molecular weight excluding hydrogens is 195 g/mol. The second-order valence-electron chi connectivity index (χ2n) is 3.87. The predicted octanol–water partition coefficient (Wildman–Crippen LogP) is 2.67. The Hall–Kier alpha value is -1.38. The van der Waals surface area contributed by atoms with Gasteiger partial charge in [-0.3, -0.25) is 4.79 Å². The molecule has 1 aromatic rings. The maximum Gasteiger partial charge on any atom is 0.165 e. The van der Waals surface area contributed by atoms with Crippen molar-refractivity contribution >= 4 is 5.78 Å². The molecule has 0 spiro atoms. The molecule has 1 atom stereocenters. The summed E-state index contributed by atoms with van der Waals surface area (Å²) in [5, 5.41) is 0. The second-order valence-corrected chi connectivity index (χ2v) is 3.87. The van der Waals surface area contributed by atoms with Crippen LogP contribution in [0, 0.1) is 5.82 Å². The molecule has 0 N–H and O–H groups in total. The Bertz CT molecular complexity index is 387. The quantitative estimate of drug-likeness (QED) is 0.746. The number of methoxy groups -OCH3 is 1. The maximum atomic E-state index is 13.4. The maximum absolute atomic E-state index is 13.4. The summed E-state index contributed by atoms with van der Waals surface area (Å²) >= 11 is 0. The standard InChI is InChI=1S/C12H13FO2/c1-15-12-5-3-9(7-11(12)13)8-2-4-10(14)6-8/h3,5,7-8H,2,4,6H2,1H3. The van der Waals surface area contributed by atoms with Crippen molar-refractivity contribution in [3.05, 3.63) is 29.6 Å². The van der Waals surface area contributed by atoms with E-state index in [0.29, 0.717) is 12.8 Å². The largest absolute Gasteiger partial charge is 0.494 e. The molecule has 1 fully saturated rings. The first-order valence-corrected chi connectivity index (χ1v) is 5.06. The van der Waals surface area contributed by atoms with Gasteiger partial charge in [-0.15, -0.1) is 0 Å². The Labute approximate surface area is 88.1 Å². The van der Waals surface area contributed by atoms with Gasteiger partial charge in [0, 0.05) is 12.8 Å². The molecule has 3 heteroatoms. The third-order valence-electron chi connectivity index (χ3n) is 2.89. The molecule has 1 aliphatic carbocycles. The van der Waals surface area contributed by atoms with Crippen LogP contribution in [0.3, 0.4) is 0 Å². The highest BCUT2D eigenvalue weighted by atomic mass is 19.1. The number of carbonyl (C=O) groups is 1. The summed E-state index contributed by atoms with van der Waals surface area (Å²) in [6, 6.07) is 4.93. The number of ether oxygens (including phenoxy) is 1. The molecule has 0 saturated heterocycles. The van der Waals surface area contributed by atoms with E-state index in [1.807, 2.05) is 6.07 Å². The van der Waals surface area contributed by atoms with E-state index in [2.05, 4.69) is 0 Å². The topological polar surface area (TPSA) is 26.3 Å². The molecule has 1 unspecified atom stereocenters. The lowest BCUT2D eigenvalue weighted by Gasteiger charge is -2.10. The summed E-state index contributed by atoms with van der Waals surface area (Å²) in [5.41, 5.74) is 0.902. The lowest BCUT2D eigenvalue weighted by molar-refractivity contribution is -0.117. The van der Waals surface area contributed by atoms with Crippen LogP contribution in [0.2, 0.25) is 0 Å². The zero-order valence-corrected chi connectivity index (χ0v) is 8.63. The SMILES string of the molecule is COc1ccc(C2CCC(=O)C2)cc1F. The fourth-order valence-electron chi connectivity index (χ4n) is 2.04. The van der Waals surface area contributed by atoms with Crippen LogP contribution in [0.1, 0.15) is 30.7 Å². The van der Waals surface area contributed by atoms with Crippen LogP contribution in [-0.4, -0.2) is 12.9 Å². The summed E-state index contributed by atoms with van der Waals surface area (Å²) in [5.74, 6) is 0.367. The molecule has 0 amide bonds. The van der Waals surface area contributed by atoms with E-state index in [9.17, 15) is 9.18 Å². The van der Waals surface area contributed by atoms with Gasteiger partial charge >= 0.3 is 0 Å². The normalized spacial score (nSPS) is 20.7. The summed E-state index contributed by atoms with van der Waals surface area (Å²) in [6.07, 6.45) is 2.01. The van der Waals surface area contributed by atoms with Crippen LogP contribution in [-0.2, 0) is 4.79 Å². The summed E-state index contributed by atoms with van der Waals surface area (Å²) in [4.78, 5) is 11.1. The van der Waals surface area contributed by atoms with Gasteiger partial charge in [0.25, 0.3) is 0 Å². The Balaban J connectivity index is 2.22. The number of hydrogen-bond acceptors (Lipinski definition) is 2. The highest BCUT2D eigenvalue weighted by Gasteiger charge is 2.24. The van der Waals surface area contributed by atoms with Crippen LogP contribution < -0.4 is 4.74 Å². The fraction of sp³-hybridized carbons (Fsp3) is 0.417. The Morgan fingerprint density at radius 3 is 2.80 bits per heavy atom. The van der Waals surface area contributed by atoms with Gasteiger partial charge in [-0.2, -0.15) is 0 Å². The van der Waals surface area contributed by atoms with E-state index < -0.39 is 0 Å². The first-order chi connectivity index (χ1) is 7.20. The lowest BCUT2D eigenvalue weighted by Crippen LogP contribution is -1.96. The van der Waals surface area contributed by atoms with Crippen LogP contribution in [0.25, 0.3) is 0 Å². The van der Waals surface area contributed by atoms with E-state index >= 15 is 0 Å². The van der Waals surface area contributed by atoms with E-state index in [4.69, 9.17) is 4.74 Å². The number of benzene rings is 1. The minimum absolute atomic E-state index is 0.193. The molecule has 0 aromatic heterocycles. The summed E-state index contributed by atoms with van der Waals surface area (Å²) < 4.78 is 18.2. The van der Waals surface area contributed by atoms with Crippen molar-refractivity contribution in [2.45, 2.75) is 25.2 Å². The first kappa shape index (κ1) is 10.1. The van der Waals surface area contributed by atoms with Gasteiger partial charge in [0.05, 0.1) is 7.11 Å². The lowest BCUT2D eigenvalue weighted by atomic mass is 9.97. The molecule has 2 nitrogen and oxygen atoms in total. The molecule has 0 bridgehead atoms. The predicted molar refractivity (Wildman–Crippen MR) is 54.6 cm³/mol. The number of ketones is 1. The van der Waals surface area contributed by atoms with Crippen molar-refractivity contribution in [2.24, 2.45) is 0 Å². The Morgan fingerprint density at radius 1 is 1.47 bits per heavy atom. The smallest absolute Gasteiger partial charge is 0.165 e. The molecule has 0 aliphatic heterocycles. The molecule has 1 aliphatic rings.